The molecule has 0 unspecified atom stereocenters. The third-order valence-electron chi connectivity index (χ3n) is 1.82. The lowest BCUT2D eigenvalue weighted by Crippen LogP contribution is -3.34. The zero-order valence-corrected chi connectivity index (χ0v) is 12.0. The van der Waals surface area contributed by atoms with Gasteiger partial charge in [-0.1, -0.05) is 13.8 Å². The molecule has 17 heavy (non-hydrogen) atoms. The average molecular weight is 364 g/mol. The molecule has 0 saturated heterocycles. The normalized spacial score (nSPS) is 10.9. The van der Waals surface area contributed by atoms with E-state index >= 15 is 0 Å². The lowest BCUT2D eigenvalue weighted by atomic mass is 10.0. The first kappa shape index (κ1) is 16.5. The van der Waals surface area contributed by atoms with Crippen LogP contribution < -0.4 is 27.3 Å². The summed E-state index contributed by atoms with van der Waals surface area (Å²) >= 11 is 2.03. The van der Waals surface area contributed by atoms with Crippen LogP contribution in [0.2, 0.25) is 0 Å². The van der Waals surface area contributed by atoms with Crippen LogP contribution in [0.3, 0.4) is 0 Å². The zero-order valence-electron chi connectivity index (χ0n) is 9.72. The predicted octanol–water partition coefficient (Wildman–Crippen LogP) is 0.574. The molecule has 0 aliphatic rings. The van der Waals surface area contributed by atoms with Crippen molar-refractivity contribution in [3.05, 3.63) is 27.3 Å². The summed E-state index contributed by atoms with van der Waals surface area (Å²) in [6.07, 6.45) is 0. The van der Waals surface area contributed by atoms with E-state index in [2.05, 4.69) is 26.0 Å². The van der Waals surface area contributed by atoms with Gasteiger partial charge in [-0.3, -0.25) is 0 Å². The molecule has 0 saturated carbocycles. The average Bonchev–Trinajstić information content (AvgIpc) is 2.15. The molecule has 0 radical (unpaired) electrons. The Labute approximate surface area is 112 Å². The highest BCUT2D eigenvalue weighted by molar-refractivity contribution is 6.50. The number of hydrogen-bond acceptors (Lipinski definition) is 1. The van der Waals surface area contributed by atoms with Gasteiger partial charge in [0.15, 0.2) is 3.57 Å². The van der Waals surface area contributed by atoms with Crippen LogP contribution in [0.5, 0.6) is 5.75 Å². The van der Waals surface area contributed by atoms with Gasteiger partial charge in [-0.15, -0.1) is 0 Å². The van der Waals surface area contributed by atoms with E-state index < -0.39 is 7.25 Å². The maximum atomic E-state index is 9.75. The van der Waals surface area contributed by atoms with Crippen molar-refractivity contribution in [3.8, 4) is 5.75 Å². The molecule has 1 aromatic rings. The van der Waals surface area contributed by atoms with Gasteiger partial charge >= 0.3 is 7.25 Å². The van der Waals surface area contributed by atoms with Crippen molar-refractivity contribution in [2.45, 2.75) is 19.8 Å². The second kappa shape index (κ2) is 7.08. The molecular formula is C10H14BF4IO. The van der Waals surface area contributed by atoms with E-state index in [-0.39, 0.29) is 0 Å². The maximum Gasteiger partial charge on any atom is 0.673 e. The van der Waals surface area contributed by atoms with Crippen LogP contribution in [0.1, 0.15) is 25.3 Å². The largest absolute Gasteiger partial charge is 0.673 e. The van der Waals surface area contributed by atoms with Gasteiger partial charge < -0.3 is 22.0 Å². The molecule has 7 heteroatoms. The molecule has 1 nitrogen and oxygen atoms in total. The third-order valence-corrected chi connectivity index (χ3v) is 2.55. The van der Waals surface area contributed by atoms with Crippen LogP contribution >= 0.6 is 0 Å². The van der Waals surface area contributed by atoms with Crippen LogP contribution in [-0.4, -0.2) is 14.4 Å². The summed E-state index contributed by atoms with van der Waals surface area (Å²) in [4.78, 5) is 0. The lowest BCUT2D eigenvalue weighted by molar-refractivity contribution is -0.328. The summed E-state index contributed by atoms with van der Waals surface area (Å²) in [5.41, 5.74) is 1.29. The Morgan fingerprint density at radius 3 is 2.00 bits per heavy atom. The number of ether oxygens (including phenoxy) is 1. The van der Waals surface area contributed by atoms with E-state index in [9.17, 15) is 17.3 Å². The number of rotatable bonds is 2. The highest BCUT2D eigenvalue weighted by atomic mass is 127. The molecule has 1 rings (SSSR count). The number of benzene rings is 1. The van der Waals surface area contributed by atoms with Gasteiger partial charge in [0.05, 0.1) is 7.11 Å². The maximum absolute atomic E-state index is 9.75. The minimum atomic E-state index is -6.00. The minimum absolute atomic E-state index is 0.529. The van der Waals surface area contributed by atoms with Crippen molar-refractivity contribution < 1.29 is 44.6 Å². The number of halogens is 5. The van der Waals surface area contributed by atoms with Crippen molar-refractivity contribution in [3.63, 3.8) is 0 Å². The van der Waals surface area contributed by atoms with E-state index in [1.165, 1.54) is 9.13 Å². The second-order valence-electron chi connectivity index (χ2n) is 3.55. The van der Waals surface area contributed by atoms with Crippen LogP contribution in [-0.2, 0) is 0 Å². The van der Waals surface area contributed by atoms with Crippen LogP contribution in [0.15, 0.2) is 18.2 Å². The topological polar surface area (TPSA) is 9.23 Å². The SMILES string of the molecule is COc1ccc([IH+])cc1C(C)C.F[B-](F)(F)F. The molecule has 0 aromatic heterocycles. The van der Waals surface area contributed by atoms with Gasteiger partial charge in [-0.25, -0.2) is 0 Å². The van der Waals surface area contributed by atoms with Crippen LogP contribution in [0.4, 0.5) is 17.3 Å². The lowest BCUT2D eigenvalue weighted by Gasteiger charge is -2.09. The molecule has 98 valence electrons. The molecular weight excluding hydrogens is 350 g/mol. The quantitative estimate of drug-likeness (QED) is 0.424. The molecule has 0 amide bonds. The summed E-state index contributed by atoms with van der Waals surface area (Å²) in [6, 6.07) is 6.30. The summed E-state index contributed by atoms with van der Waals surface area (Å²) < 4.78 is 45.6. The molecule has 1 aromatic carbocycles. The van der Waals surface area contributed by atoms with Crippen molar-refractivity contribution in [1.82, 2.24) is 0 Å². The molecule has 0 heterocycles. The van der Waals surface area contributed by atoms with Crippen molar-refractivity contribution in [1.29, 1.82) is 0 Å². The van der Waals surface area contributed by atoms with Gasteiger partial charge in [0.2, 0.25) is 0 Å². The van der Waals surface area contributed by atoms with E-state index in [0.717, 1.165) is 5.75 Å². The first-order valence-electron chi connectivity index (χ1n) is 4.87. The first-order valence-corrected chi connectivity index (χ1v) is 6.04. The highest BCUT2D eigenvalue weighted by Gasteiger charge is 2.20. The van der Waals surface area contributed by atoms with Gasteiger partial charge in [-0.05, 0) is 24.1 Å². The fraction of sp³-hybridized carbons (Fsp3) is 0.400. The Bertz CT molecular complexity index is 349. The first-order chi connectivity index (χ1) is 7.65. The van der Waals surface area contributed by atoms with Gasteiger partial charge in [0.1, 0.15) is 5.75 Å². The smallest absolute Gasteiger partial charge is 0.496 e. The number of methoxy groups -OCH3 is 1. The van der Waals surface area contributed by atoms with E-state index in [1.54, 1.807) is 7.11 Å². The third kappa shape index (κ3) is 8.28. The summed E-state index contributed by atoms with van der Waals surface area (Å²) in [5.74, 6) is 1.53. The summed E-state index contributed by atoms with van der Waals surface area (Å²) in [5, 5.41) is 0. The monoisotopic (exact) mass is 364 g/mol. The molecule has 0 fully saturated rings. The molecule has 0 bridgehead atoms. The summed E-state index contributed by atoms with van der Waals surface area (Å²) in [7, 11) is -4.28. The Morgan fingerprint density at radius 2 is 1.65 bits per heavy atom. The van der Waals surface area contributed by atoms with Crippen molar-refractivity contribution in [2.75, 3.05) is 7.11 Å². The van der Waals surface area contributed by atoms with Crippen LogP contribution in [0, 0.1) is 3.57 Å². The van der Waals surface area contributed by atoms with Crippen molar-refractivity contribution in [2.24, 2.45) is 0 Å². The Balaban J connectivity index is 0.000000437. The Morgan fingerprint density at radius 1 is 1.18 bits per heavy atom. The van der Waals surface area contributed by atoms with Gasteiger partial charge in [0.25, 0.3) is 22.6 Å². The van der Waals surface area contributed by atoms with Gasteiger partial charge in [-0.2, -0.15) is 0 Å². The molecule has 0 spiro atoms. The fourth-order valence-corrected chi connectivity index (χ4v) is 1.72. The minimum Gasteiger partial charge on any atom is -0.496 e. The standard InChI is InChI=1S/C10H14IO.BF4/c1-7(2)9-6-8(11)4-5-10(9)12-3;2-1(3,4)5/h4-7,11H,1-3H3;/q+1;-1. The second-order valence-corrected chi connectivity index (χ2v) is 4.90. The van der Waals surface area contributed by atoms with E-state index in [1.807, 2.05) is 28.7 Å². The van der Waals surface area contributed by atoms with E-state index in [0.29, 0.717) is 5.92 Å². The predicted molar refractivity (Wildman–Crippen MR) is 57.4 cm³/mol. The van der Waals surface area contributed by atoms with Gasteiger partial charge in [0, 0.05) is 5.56 Å². The Hall–Kier alpha value is -0.465. The van der Waals surface area contributed by atoms with Crippen molar-refractivity contribution >= 4 is 7.25 Å². The number of hydrogen-bond donors (Lipinski definition) is 0. The molecule has 0 N–H and O–H groups in total. The zero-order chi connectivity index (χ0) is 13.6. The van der Waals surface area contributed by atoms with Crippen LogP contribution in [0.25, 0.3) is 0 Å². The highest BCUT2D eigenvalue weighted by Crippen LogP contribution is 2.25. The molecule has 0 aliphatic heterocycles. The van der Waals surface area contributed by atoms with E-state index in [4.69, 9.17) is 4.74 Å². The fourth-order valence-electron chi connectivity index (χ4n) is 1.16. The summed E-state index contributed by atoms with van der Waals surface area (Å²) in [6.45, 7) is 4.36. The molecule has 0 aliphatic carbocycles. The Kier molecular flexibility index (Phi) is 6.88. The molecule has 0 atom stereocenters.